The molecule has 0 atom stereocenters. The van der Waals surface area contributed by atoms with Crippen LogP contribution in [0.1, 0.15) is 25.0 Å². The highest BCUT2D eigenvalue weighted by molar-refractivity contribution is 5.49. The number of hydrogen-bond acceptors (Lipinski definition) is 2. The zero-order chi connectivity index (χ0) is 19.8. The first-order valence-corrected chi connectivity index (χ1v) is 9.35. The number of para-hydroxylation sites is 1. The fourth-order valence-electron chi connectivity index (χ4n) is 2.70. The Morgan fingerprint density at radius 2 is 1.57 bits per heavy atom. The molecule has 3 aromatic carbocycles. The Morgan fingerprint density at radius 3 is 2.32 bits per heavy atom. The molecule has 0 unspecified atom stereocenters. The van der Waals surface area contributed by atoms with Crippen LogP contribution in [-0.4, -0.2) is 6.61 Å². The SMILES string of the molecule is CC(C)(/C=C/c1ccc(F)cc1)COCc1cccc(Oc2ccccc2)c1. The standard InChI is InChI=1S/C25H25FO2/c1-25(2,16-15-20-11-13-22(26)14-12-20)19-27-18-21-7-6-10-24(17-21)28-23-8-4-3-5-9-23/h3-17H,18-19H2,1-2H3/b16-15+. The van der Waals surface area contributed by atoms with Crippen LogP contribution < -0.4 is 4.74 Å². The van der Waals surface area contributed by atoms with Gasteiger partial charge in [-0.25, -0.2) is 4.39 Å². The highest BCUT2D eigenvalue weighted by Gasteiger charge is 2.14. The lowest BCUT2D eigenvalue weighted by molar-refractivity contribution is 0.0719. The van der Waals surface area contributed by atoms with Crippen LogP contribution in [0.15, 0.2) is 84.9 Å². The van der Waals surface area contributed by atoms with Crippen LogP contribution >= 0.6 is 0 Å². The maximum Gasteiger partial charge on any atom is 0.127 e. The van der Waals surface area contributed by atoms with Gasteiger partial charge in [0.2, 0.25) is 0 Å². The average molecular weight is 376 g/mol. The van der Waals surface area contributed by atoms with E-state index < -0.39 is 0 Å². The van der Waals surface area contributed by atoms with E-state index in [4.69, 9.17) is 9.47 Å². The van der Waals surface area contributed by atoms with Crippen molar-refractivity contribution in [2.45, 2.75) is 20.5 Å². The quantitative estimate of drug-likeness (QED) is 0.427. The fourth-order valence-corrected chi connectivity index (χ4v) is 2.70. The molecule has 0 bridgehead atoms. The normalized spacial score (nSPS) is 11.7. The largest absolute Gasteiger partial charge is 0.457 e. The van der Waals surface area contributed by atoms with Gasteiger partial charge in [-0.2, -0.15) is 0 Å². The summed E-state index contributed by atoms with van der Waals surface area (Å²) in [7, 11) is 0. The van der Waals surface area contributed by atoms with Gasteiger partial charge in [-0.1, -0.05) is 68.5 Å². The van der Waals surface area contributed by atoms with Crippen molar-refractivity contribution in [2.75, 3.05) is 6.61 Å². The Balaban J connectivity index is 1.52. The summed E-state index contributed by atoms with van der Waals surface area (Å²) < 4.78 is 24.8. The van der Waals surface area contributed by atoms with E-state index in [9.17, 15) is 4.39 Å². The molecule has 3 rings (SSSR count). The summed E-state index contributed by atoms with van der Waals surface area (Å²) in [6.07, 6.45) is 4.09. The molecule has 0 saturated heterocycles. The van der Waals surface area contributed by atoms with Crippen molar-refractivity contribution in [3.63, 3.8) is 0 Å². The van der Waals surface area contributed by atoms with Crippen molar-refractivity contribution in [1.29, 1.82) is 0 Å². The number of rotatable bonds is 8. The topological polar surface area (TPSA) is 18.5 Å². The van der Waals surface area contributed by atoms with Gasteiger partial charge in [-0.15, -0.1) is 0 Å². The molecule has 0 radical (unpaired) electrons. The third kappa shape index (κ3) is 6.36. The summed E-state index contributed by atoms with van der Waals surface area (Å²) in [5.41, 5.74) is 1.90. The van der Waals surface area contributed by atoms with Gasteiger partial charge in [0.1, 0.15) is 17.3 Å². The Bertz CT molecular complexity index is 899. The number of ether oxygens (including phenoxy) is 2. The minimum Gasteiger partial charge on any atom is -0.457 e. The van der Waals surface area contributed by atoms with Crippen molar-refractivity contribution in [3.8, 4) is 11.5 Å². The molecule has 0 aliphatic carbocycles. The van der Waals surface area contributed by atoms with E-state index in [1.807, 2.05) is 60.7 Å². The molecule has 0 spiro atoms. The Morgan fingerprint density at radius 1 is 0.857 bits per heavy atom. The molecular formula is C25H25FO2. The molecule has 3 aromatic rings. The predicted molar refractivity (Wildman–Crippen MR) is 112 cm³/mol. The van der Waals surface area contributed by atoms with E-state index in [-0.39, 0.29) is 11.2 Å². The maximum absolute atomic E-state index is 13.0. The maximum atomic E-state index is 13.0. The number of hydrogen-bond donors (Lipinski definition) is 0. The van der Waals surface area contributed by atoms with Gasteiger partial charge in [0.25, 0.3) is 0 Å². The average Bonchev–Trinajstić information content (AvgIpc) is 2.69. The third-order valence-corrected chi connectivity index (χ3v) is 4.22. The molecule has 0 amide bonds. The zero-order valence-electron chi connectivity index (χ0n) is 16.3. The van der Waals surface area contributed by atoms with Crippen LogP contribution in [0, 0.1) is 11.2 Å². The lowest BCUT2D eigenvalue weighted by Crippen LogP contribution is -2.16. The lowest BCUT2D eigenvalue weighted by atomic mass is 9.93. The van der Waals surface area contributed by atoms with Gasteiger partial charge >= 0.3 is 0 Å². The summed E-state index contributed by atoms with van der Waals surface area (Å²) in [6.45, 7) is 5.32. The summed E-state index contributed by atoms with van der Waals surface area (Å²) in [5, 5.41) is 0. The highest BCUT2D eigenvalue weighted by Crippen LogP contribution is 2.23. The van der Waals surface area contributed by atoms with Gasteiger partial charge in [-0.3, -0.25) is 0 Å². The Hall–Kier alpha value is -2.91. The van der Waals surface area contributed by atoms with Gasteiger partial charge < -0.3 is 9.47 Å². The minimum absolute atomic E-state index is 0.132. The van der Waals surface area contributed by atoms with Crippen LogP contribution in [0.5, 0.6) is 11.5 Å². The van der Waals surface area contributed by atoms with Crippen molar-refractivity contribution in [1.82, 2.24) is 0 Å². The van der Waals surface area contributed by atoms with E-state index in [1.165, 1.54) is 12.1 Å². The Labute approximate surface area is 166 Å². The first-order valence-electron chi connectivity index (χ1n) is 9.35. The molecular weight excluding hydrogens is 351 g/mol. The van der Waals surface area contributed by atoms with Gasteiger partial charge in [0.15, 0.2) is 0 Å². The highest BCUT2D eigenvalue weighted by atomic mass is 19.1. The van der Waals surface area contributed by atoms with Gasteiger partial charge in [0, 0.05) is 5.41 Å². The fraction of sp³-hybridized carbons (Fsp3) is 0.200. The predicted octanol–water partition coefficient (Wildman–Crippen LogP) is 6.87. The Kier molecular flexibility index (Phi) is 6.62. The van der Waals surface area contributed by atoms with Crippen LogP contribution in [0.25, 0.3) is 6.08 Å². The van der Waals surface area contributed by atoms with Crippen LogP contribution in [0.2, 0.25) is 0 Å². The monoisotopic (exact) mass is 376 g/mol. The van der Waals surface area contributed by atoms with Crippen molar-refractivity contribution >= 4 is 6.08 Å². The van der Waals surface area contributed by atoms with E-state index in [0.29, 0.717) is 13.2 Å². The van der Waals surface area contributed by atoms with Crippen molar-refractivity contribution < 1.29 is 13.9 Å². The second-order valence-corrected chi connectivity index (χ2v) is 7.43. The van der Waals surface area contributed by atoms with E-state index in [2.05, 4.69) is 19.9 Å². The molecule has 0 N–H and O–H groups in total. The third-order valence-electron chi connectivity index (χ3n) is 4.22. The van der Waals surface area contributed by atoms with Gasteiger partial charge in [-0.05, 0) is 47.5 Å². The van der Waals surface area contributed by atoms with Crippen molar-refractivity contribution in [3.05, 3.63) is 102 Å². The van der Waals surface area contributed by atoms with E-state index >= 15 is 0 Å². The second-order valence-electron chi connectivity index (χ2n) is 7.43. The van der Waals surface area contributed by atoms with Crippen LogP contribution in [0.3, 0.4) is 0 Å². The molecule has 28 heavy (non-hydrogen) atoms. The number of benzene rings is 3. The molecule has 0 saturated carbocycles. The molecule has 0 aliphatic rings. The van der Waals surface area contributed by atoms with Crippen LogP contribution in [-0.2, 0) is 11.3 Å². The molecule has 144 valence electrons. The number of halogens is 1. The molecule has 0 heterocycles. The van der Waals surface area contributed by atoms with E-state index in [0.717, 1.165) is 22.6 Å². The smallest absolute Gasteiger partial charge is 0.127 e. The zero-order valence-corrected chi connectivity index (χ0v) is 16.3. The molecule has 3 heteroatoms. The summed E-state index contributed by atoms with van der Waals surface area (Å²) in [6, 6.07) is 24.1. The summed E-state index contributed by atoms with van der Waals surface area (Å²) in [5.74, 6) is 1.38. The van der Waals surface area contributed by atoms with Crippen LogP contribution in [0.4, 0.5) is 4.39 Å². The van der Waals surface area contributed by atoms with Gasteiger partial charge in [0.05, 0.1) is 13.2 Å². The molecule has 2 nitrogen and oxygen atoms in total. The molecule has 0 aliphatic heterocycles. The molecule has 0 fully saturated rings. The first kappa shape index (κ1) is 19.8. The van der Waals surface area contributed by atoms with E-state index in [1.54, 1.807) is 12.1 Å². The second kappa shape index (κ2) is 9.34. The molecule has 0 aromatic heterocycles. The summed E-state index contributed by atoms with van der Waals surface area (Å²) in [4.78, 5) is 0. The van der Waals surface area contributed by atoms with Crippen molar-refractivity contribution in [2.24, 2.45) is 5.41 Å². The summed E-state index contributed by atoms with van der Waals surface area (Å²) >= 11 is 0. The first-order chi connectivity index (χ1) is 13.5. The lowest BCUT2D eigenvalue weighted by Gasteiger charge is -2.20. The minimum atomic E-state index is -0.224.